The second kappa shape index (κ2) is 4.21. The van der Waals surface area contributed by atoms with Crippen LogP contribution in [0.5, 0.6) is 0 Å². The lowest BCUT2D eigenvalue weighted by atomic mass is 9.88. The van der Waals surface area contributed by atoms with E-state index in [2.05, 4.69) is 25.0 Å². The Hall–Kier alpha value is -0.830. The van der Waals surface area contributed by atoms with Gasteiger partial charge in [0.15, 0.2) is 0 Å². The highest BCUT2D eigenvalue weighted by atomic mass is 16.3. The number of aryl methyl sites for hydroxylation is 2. The lowest BCUT2D eigenvalue weighted by molar-refractivity contribution is 0.00780. The standard InChI is InChI=1S/C13H22N2O/c1-4-15-12(8-11(3)14-15)9-13(16)7-5-6-10(13)2/h8,10,16H,4-7,9H2,1-3H3. The van der Waals surface area contributed by atoms with E-state index in [9.17, 15) is 5.11 Å². The van der Waals surface area contributed by atoms with Gasteiger partial charge < -0.3 is 5.11 Å². The van der Waals surface area contributed by atoms with Crippen LogP contribution >= 0.6 is 0 Å². The van der Waals surface area contributed by atoms with Crippen LogP contribution in [0.25, 0.3) is 0 Å². The van der Waals surface area contributed by atoms with Gasteiger partial charge in [-0.05, 0) is 38.7 Å². The maximum Gasteiger partial charge on any atom is 0.0728 e. The fraction of sp³-hybridized carbons (Fsp3) is 0.769. The van der Waals surface area contributed by atoms with Crippen LogP contribution in [-0.2, 0) is 13.0 Å². The predicted molar refractivity (Wildman–Crippen MR) is 64.3 cm³/mol. The summed E-state index contributed by atoms with van der Waals surface area (Å²) in [6.07, 6.45) is 3.98. The van der Waals surface area contributed by atoms with Crippen LogP contribution in [0, 0.1) is 12.8 Å². The molecule has 2 rings (SSSR count). The van der Waals surface area contributed by atoms with E-state index >= 15 is 0 Å². The quantitative estimate of drug-likeness (QED) is 0.852. The van der Waals surface area contributed by atoms with E-state index in [-0.39, 0.29) is 0 Å². The van der Waals surface area contributed by atoms with Crippen molar-refractivity contribution in [3.63, 3.8) is 0 Å². The fourth-order valence-corrected chi connectivity index (χ4v) is 2.82. The highest BCUT2D eigenvalue weighted by Gasteiger charge is 2.38. The average molecular weight is 222 g/mol. The van der Waals surface area contributed by atoms with Crippen molar-refractivity contribution in [2.75, 3.05) is 0 Å². The Morgan fingerprint density at radius 1 is 1.62 bits per heavy atom. The second-order valence-corrected chi connectivity index (χ2v) is 5.17. The van der Waals surface area contributed by atoms with Crippen LogP contribution in [0.2, 0.25) is 0 Å². The Morgan fingerprint density at radius 2 is 2.38 bits per heavy atom. The van der Waals surface area contributed by atoms with Gasteiger partial charge in [0.1, 0.15) is 0 Å². The van der Waals surface area contributed by atoms with Crippen LogP contribution in [0.3, 0.4) is 0 Å². The maximum atomic E-state index is 10.6. The Bertz CT molecular complexity index is 372. The minimum atomic E-state index is -0.501. The molecule has 3 heteroatoms. The molecule has 0 spiro atoms. The van der Waals surface area contributed by atoms with Gasteiger partial charge in [-0.2, -0.15) is 5.10 Å². The van der Waals surface area contributed by atoms with Gasteiger partial charge in [-0.25, -0.2) is 0 Å². The molecule has 0 aromatic carbocycles. The minimum absolute atomic E-state index is 0.410. The Balaban J connectivity index is 2.19. The number of aliphatic hydroxyl groups is 1. The fourth-order valence-electron chi connectivity index (χ4n) is 2.82. The van der Waals surface area contributed by atoms with Crippen LogP contribution in [0.15, 0.2) is 6.07 Å². The van der Waals surface area contributed by atoms with Crippen LogP contribution < -0.4 is 0 Å². The molecular weight excluding hydrogens is 200 g/mol. The molecule has 16 heavy (non-hydrogen) atoms. The van der Waals surface area contributed by atoms with Gasteiger partial charge in [0.05, 0.1) is 11.3 Å². The molecule has 1 saturated carbocycles. The molecule has 2 atom stereocenters. The summed E-state index contributed by atoms with van der Waals surface area (Å²) in [5, 5.41) is 15.0. The molecule has 0 bridgehead atoms. The first-order valence-corrected chi connectivity index (χ1v) is 6.31. The molecule has 1 aromatic heterocycles. The molecule has 2 unspecified atom stereocenters. The monoisotopic (exact) mass is 222 g/mol. The van der Waals surface area contributed by atoms with Gasteiger partial charge in [-0.1, -0.05) is 13.3 Å². The van der Waals surface area contributed by atoms with E-state index in [1.807, 2.05) is 11.6 Å². The summed E-state index contributed by atoms with van der Waals surface area (Å²) in [5.41, 5.74) is 1.72. The van der Waals surface area contributed by atoms with E-state index in [0.717, 1.165) is 37.9 Å². The number of nitrogens with zero attached hydrogens (tertiary/aromatic N) is 2. The van der Waals surface area contributed by atoms with Crippen molar-refractivity contribution in [3.8, 4) is 0 Å². The SMILES string of the molecule is CCn1nc(C)cc1CC1(O)CCCC1C. The van der Waals surface area contributed by atoms with Crippen molar-refractivity contribution < 1.29 is 5.11 Å². The number of hydrogen-bond donors (Lipinski definition) is 1. The van der Waals surface area contributed by atoms with Gasteiger partial charge in [0.2, 0.25) is 0 Å². The highest BCUT2D eigenvalue weighted by molar-refractivity contribution is 5.13. The first-order chi connectivity index (χ1) is 7.55. The molecule has 1 fully saturated rings. The van der Waals surface area contributed by atoms with Crippen LogP contribution in [-0.4, -0.2) is 20.5 Å². The number of aromatic nitrogens is 2. The molecule has 0 amide bonds. The summed E-state index contributed by atoms with van der Waals surface area (Å²) >= 11 is 0. The zero-order valence-corrected chi connectivity index (χ0v) is 10.5. The zero-order valence-electron chi connectivity index (χ0n) is 10.5. The van der Waals surface area contributed by atoms with Crippen molar-refractivity contribution in [1.82, 2.24) is 9.78 Å². The van der Waals surface area contributed by atoms with E-state index in [0.29, 0.717) is 5.92 Å². The molecule has 1 N–H and O–H groups in total. The maximum absolute atomic E-state index is 10.6. The third-order valence-corrected chi connectivity index (χ3v) is 3.94. The summed E-state index contributed by atoms with van der Waals surface area (Å²) in [4.78, 5) is 0. The third-order valence-electron chi connectivity index (χ3n) is 3.94. The van der Waals surface area contributed by atoms with Gasteiger partial charge in [0.25, 0.3) is 0 Å². The van der Waals surface area contributed by atoms with E-state index < -0.39 is 5.60 Å². The predicted octanol–water partition coefficient (Wildman–Crippen LogP) is 2.31. The molecule has 0 saturated heterocycles. The van der Waals surface area contributed by atoms with Crippen molar-refractivity contribution in [2.24, 2.45) is 5.92 Å². The number of rotatable bonds is 3. The minimum Gasteiger partial charge on any atom is -0.389 e. The molecule has 0 radical (unpaired) electrons. The van der Waals surface area contributed by atoms with Gasteiger partial charge >= 0.3 is 0 Å². The summed E-state index contributed by atoms with van der Waals surface area (Å²) in [6, 6.07) is 2.10. The largest absolute Gasteiger partial charge is 0.389 e. The molecule has 1 aliphatic carbocycles. The third kappa shape index (κ3) is 2.01. The molecule has 0 aliphatic heterocycles. The Labute approximate surface area is 97.5 Å². The van der Waals surface area contributed by atoms with Crippen molar-refractivity contribution >= 4 is 0 Å². The first kappa shape index (κ1) is 11.6. The van der Waals surface area contributed by atoms with E-state index in [1.165, 1.54) is 5.69 Å². The van der Waals surface area contributed by atoms with E-state index in [4.69, 9.17) is 0 Å². The topological polar surface area (TPSA) is 38.0 Å². The molecule has 1 aromatic rings. The summed E-state index contributed by atoms with van der Waals surface area (Å²) < 4.78 is 2.01. The molecule has 3 nitrogen and oxygen atoms in total. The van der Waals surface area contributed by atoms with Gasteiger partial charge in [-0.3, -0.25) is 4.68 Å². The Kier molecular flexibility index (Phi) is 3.06. The second-order valence-electron chi connectivity index (χ2n) is 5.17. The first-order valence-electron chi connectivity index (χ1n) is 6.31. The molecular formula is C13H22N2O. The van der Waals surface area contributed by atoms with Crippen LogP contribution in [0.1, 0.15) is 44.5 Å². The average Bonchev–Trinajstić information content (AvgIpc) is 2.72. The molecule has 1 aliphatic rings. The van der Waals surface area contributed by atoms with Crippen molar-refractivity contribution in [1.29, 1.82) is 0 Å². The summed E-state index contributed by atoms with van der Waals surface area (Å²) in [7, 11) is 0. The normalized spacial score (nSPS) is 29.9. The lowest BCUT2D eigenvalue weighted by Crippen LogP contribution is -2.35. The summed E-state index contributed by atoms with van der Waals surface area (Å²) in [5.74, 6) is 0.410. The lowest BCUT2D eigenvalue weighted by Gasteiger charge is -2.27. The van der Waals surface area contributed by atoms with Crippen molar-refractivity contribution in [2.45, 2.75) is 58.6 Å². The summed E-state index contributed by atoms with van der Waals surface area (Å²) in [6.45, 7) is 7.15. The zero-order chi connectivity index (χ0) is 11.8. The smallest absolute Gasteiger partial charge is 0.0728 e. The highest BCUT2D eigenvalue weighted by Crippen LogP contribution is 2.37. The van der Waals surface area contributed by atoms with Crippen molar-refractivity contribution in [3.05, 3.63) is 17.5 Å². The molecule has 1 heterocycles. The van der Waals surface area contributed by atoms with Crippen LogP contribution in [0.4, 0.5) is 0 Å². The Morgan fingerprint density at radius 3 is 2.94 bits per heavy atom. The molecule has 90 valence electrons. The number of hydrogen-bond acceptors (Lipinski definition) is 2. The van der Waals surface area contributed by atoms with Gasteiger partial charge in [-0.15, -0.1) is 0 Å². The van der Waals surface area contributed by atoms with E-state index in [1.54, 1.807) is 0 Å². The van der Waals surface area contributed by atoms with Gasteiger partial charge in [0, 0.05) is 18.7 Å².